The van der Waals surface area contributed by atoms with E-state index in [1.54, 1.807) is 18.2 Å². The molecule has 1 amide bonds. The third-order valence-corrected chi connectivity index (χ3v) is 2.40. The van der Waals surface area contributed by atoms with Crippen molar-refractivity contribution in [2.45, 2.75) is 12.8 Å². The summed E-state index contributed by atoms with van der Waals surface area (Å²) in [4.78, 5) is 11.6. The largest absolute Gasteiger partial charge is 0.493 e. The molecule has 0 aliphatic carbocycles. The molecule has 4 N–H and O–H groups in total. The number of nitrogens with one attached hydrogen (secondary N) is 1. The second-order valence-corrected chi connectivity index (χ2v) is 3.88. The molecule has 6 heteroatoms. The predicted molar refractivity (Wildman–Crippen MR) is 72.5 cm³/mol. The van der Waals surface area contributed by atoms with Gasteiger partial charge in [0.2, 0.25) is 5.91 Å². The smallest absolute Gasteiger partial charge is 0.224 e. The lowest BCUT2D eigenvalue weighted by Crippen LogP contribution is -2.13. The molecule has 1 aromatic carbocycles. The predicted octanol–water partition coefficient (Wildman–Crippen LogP) is 0.744. The highest BCUT2D eigenvalue weighted by Gasteiger charge is 2.08. The molecule has 0 aliphatic heterocycles. The molecule has 0 unspecified atom stereocenters. The van der Waals surface area contributed by atoms with Gasteiger partial charge < -0.3 is 25.6 Å². The minimum absolute atomic E-state index is 0.0871. The molecule has 0 heterocycles. The Labute approximate surface area is 112 Å². The van der Waals surface area contributed by atoms with Crippen molar-refractivity contribution in [1.82, 2.24) is 0 Å². The first kappa shape index (κ1) is 15.3. The maximum absolute atomic E-state index is 11.6. The molecule has 0 spiro atoms. The van der Waals surface area contributed by atoms with E-state index in [4.69, 9.17) is 20.3 Å². The molecule has 0 fully saturated rings. The summed E-state index contributed by atoms with van der Waals surface area (Å²) in [5.41, 5.74) is 5.97. The Morgan fingerprint density at radius 3 is 2.84 bits per heavy atom. The maximum Gasteiger partial charge on any atom is 0.224 e. The summed E-state index contributed by atoms with van der Waals surface area (Å²) in [6.07, 6.45) is 1.03. The average molecular weight is 268 g/mol. The standard InChI is InChI=1S/C13H20N2O4/c1-18-11-5-4-10(9-12(11)19-8-7-16)15-13(17)3-2-6-14/h4-5,9,16H,2-3,6-8,14H2,1H3,(H,15,17). The number of benzene rings is 1. The van der Waals surface area contributed by atoms with E-state index in [2.05, 4.69) is 5.32 Å². The third-order valence-electron chi connectivity index (χ3n) is 2.40. The van der Waals surface area contributed by atoms with E-state index in [0.29, 0.717) is 36.6 Å². The molecule has 0 radical (unpaired) electrons. The Hall–Kier alpha value is -1.79. The van der Waals surface area contributed by atoms with Crippen molar-refractivity contribution in [1.29, 1.82) is 0 Å². The minimum Gasteiger partial charge on any atom is -0.493 e. The van der Waals surface area contributed by atoms with Crippen LogP contribution in [0.15, 0.2) is 18.2 Å². The molecule has 0 bridgehead atoms. The molecule has 0 saturated carbocycles. The van der Waals surface area contributed by atoms with Crippen molar-refractivity contribution in [3.8, 4) is 11.5 Å². The molecule has 0 aromatic heterocycles. The van der Waals surface area contributed by atoms with Gasteiger partial charge in [-0.25, -0.2) is 0 Å². The molecule has 0 atom stereocenters. The van der Waals surface area contributed by atoms with Crippen LogP contribution in [-0.4, -0.2) is 37.9 Å². The summed E-state index contributed by atoms with van der Waals surface area (Å²) in [5, 5.41) is 11.5. The van der Waals surface area contributed by atoms with Crippen molar-refractivity contribution < 1.29 is 19.4 Å². The Kier molecular flexibility index (Phi) is 6.70. The number of hydrogen-bond acceptors (Lipinski definition) is 5. The van der Waals surface area contributed by atoms with E-state index in [0.717, 1.165) is 0 Å². The van der Waals surface area contributed by atoms with Crippen LogP contribution in [0.3, 0.4) is 0 Å². The number of amides is 1. The van der Waals surface area contributed by atoms with E-state index in [9.17, 15) is 4.79 Å². The van der Waals surface area contributed by atoms with Gasteiger partial charge in [-0.2, -0.15) is 0 Å². The van der Waals surface area contributed by atoms with E-state index in [1.165, 1.54) is 7.11 Å². The topological polar surface area (TPSA) is 93.8 Å². The van der Waals surface area contributed by atoms with Gasteiger partial charge in [-0.3, -0.25) is 4.79 Å². The van der Waals surface area contributed by atoms with E-state index in [-0.39, 0.29) is 19.1 Å². The lowest BCUT2D eigenvalue weighted by Gasteiger charge is -2.12. The van der Waals surface area contributed by atoms with Crippen LogP contribution >= 0.6 is 0 Å². The molecule has 19 heavy (non-hydrogen) atoms. The van der Waals surface area contributed by atoms with Crippen molar-refractivity contribution in [3.63, 3.8) is 0 Å². The summed E-state index contributed by atoms with van der Waals surface area (Å²) in [6.45, 7) is 0.568. The van der Waals surface area contributed by atoms with Gasteiger partial charge in [-0.1, -0.05) is 0 Å². The molecule has 1 aromatic rings. The highest BCUT2D eigenvalue weighted by atomic mass is 16.5. The van der Waals surface area contributed by atoms with Gasteiger partial charge in [-0.05, 0) is 25.1 Å². The van der Waals surface area contributed by atoms with Gasteiger partial charge in [-0.15, -0.1) is 0 Å². The minimum atomic E-state index is -0.0938. The summed E-state index contributed by atoms with van der Waals surface area (Å²) < 4.78 is 10.5. The number of carbonyl (C=O) groups excluding carboxylic acids is 1. The number of carbonyl (C=O) groups is 1. The van der Waals surface area contributed by atoms with Gasteiger partial charge in [0.1, 0.15) is 6.61 Å². The fraction of sp³-hybridized carbons (Fsp3) is 0.462. The van der Waals surface area contributed by atoms with Crippen LogP contribution in [0.4, 0.5) is 5.69 Å². The number of aliphatic hydroxyl groups excluding tert-OH is 1. The molecule has 0 aliphatic rings. The van der Waals surface area contributed by atoms with Crippen molar-refractivity contribution >= 4 is 11.6 Å². The zero-order valence-corrected chi connectivity index (χ0v) is 11.0. The first-order chi connectivity index (χ1) is 9.21. The number of ether oxygens (including phenoxy) is 2. The molecule has 1 rings (SSSR count). The number of anilines is 1. The SMILES string of the molecule is COc1ccc(NC(=O)CCCN)cc1OCCO. The van der Waals surface area contributed by atoms with Crippen LogP contribution in [0.5, 0.6) is 11.5 Å². The highest BCUT2D eigenvalue weighted by Crippen LogP contribution is 2.30. The van der Waals surface area contributed by atoms with Crippen molar-refractivity contribution in [2.75, 3.05) is 32.2 Å². The van der Waals surface area contributed by atoms with E-state index >= 15 is 0 Å². The third kappa shape index (κ3) is 5.15. The number of nitrogens with two attached hydrogens (primary N) is 1. The fourth-order valence-corrected chi connectivity index (χ4v) is 1.51. The van der Waals surface area contributed by atoms with E-state index in [1.807, 2.05) is 0 Å². The van der Waals surface area contributed by atoms with Gasteiger partial charge in [0, 0.05) is 18.2 Å². The van der Waals surface area contributed by atoms with Gasteiger partial charge in [0.05, 0.1) is 13.7 Å². The number of methoxy groups -OCH3 is 1. The van der Waals surface area contributed by atoms with Crippen LogP contribution in [0.25, 0.3) is 0 Å². The number of aliphatic hydroxyl groups is 1. The summed E-state index contributed by atoms with van der Waals surface area (Å²) in [6, 6.07) is 5.09. The van der Waals surface area contributed by atoms with Crippen LogP contribution in [-0.2, 0) is 4.79 Å². The van der Waals surface area contributed by atoms with Gasteiger partial charge in [0.25, 0.3) is 0 Å². The molecular formula is C13H20N2O4. The summed E-state index contributed by atoms with van der Waals surface area (Å²) in [7, 11) is 1.53. The first-order valence-corrected chi connectivity index (χ1v) is 6.13. The lowest BCUT2D eigenvalue weighted by atomic mass is 10.2. The summed E-state index contributed by atoms with van der Waals surface area (Å²) in [5.74, 6) is 0.935. The Bertz CT molecular complexity index is 410. The Morgan fingerprint density at radius 2 is 2.21 bits per heavy atom. The van der Waals surface area contributed by atoms with E-state index < -0.39 is 0 Å². The fourth-order valence-electron chi connectivity index (χ4n) is 1.51. The van der Waals surface area contributed by atoms with Crippen LogP contribution < -0.4 is 20.5 Å². The summed E-state index contributed by atoms with van der Waals surface area (Å²) >= 11 is 0. The molecule has 6 nitrogen and oxygen atoms in total. The molecule has 106 valence electrons. The van der Waals surface area contributed by atoms with Gasteiger partial charge in [0.15, 0.2) is 11.5 Å². The van der Waals surface area contributed by atoms with Crippen LogP contribution in [0, 0.1) is 0 Å². The Morgan fingerprint density at radius 1 is 1.42 bits per heavy atom. The lowest BCUT2D eigenvalue weighted by molar-refractivity contribution is -0.116. The first-order valence-electron chi connectivity index (χ1n) is 6.13. The van der Waals surface area contributed by atoms with Crippen LogP contribution in [0.1, 0.15) is 12.8 Å². The highest BCUT2D eigenvalue weighted by molar-refractivity contribution is 5.91. The number of rotatable bonds is 8. The molecule has 0 saturated heterocycles. The monoisotopic (exact) mass is 268 g/mol. The second-order valence-electron chi connectivity index (χ2n) is 3.88. The normalized spacial score (nSPS) is 10.1. The number of hydrogen-bond donors (Lipinski definition) is 3. The quantitative estimate of drug-likeness (QED) is 0.646. The zero-order chi connectivity index (χ0) is 14.1. The van der Waals surface area contributed by atoms with Crippen molar-refractivity contribution in [2.24, 2.45) is 5.73 Å². The maximum atomic E-state index is 11.6. The second kappa shape index (κ2) is 8.34. The van der Waals surface area contributed by atoms with Crippen molar-refractivity contribution in [3.05, 3.63) is 18.2 Å². The zero-order valence-electron chi connectivity index (χ0n) is 11.0. The van der Waals surface area contributed by atoms with Gasteiger partial charge >= 0.3 is 0 Å². The average Bonchev–Trinajstić information content (AvgIpc) is 2.43. The van der Waals surface area contributed by atoms with Crippen LogP contribution in [0.2, 0.25) is 0 Å². The Balaban J connectivity index is 2.71. The molecular weight excluding hydrogens is 248 g/mol.